The summed E-state index contributed by atoms with van der Waals surface area (Å²) in [4.78, 5) is 12.5. The number of nitrogens with one attached hydrogen (secondary N) is 1. The number of aryl methyl sites for hydroxylation is 1. The van der Waals surface area contributed by atoms with E-state index in [1.807, 2.05) is 54.8 Å². The molecule has 3 aromatic rings. The number of carbonyl (C=O) groups is 1. The highest BCUT2D eigenvalue weighted by atomic mass is 79.9. The van der Waals surface area contributed by atoms with Crippen molar-refractivity contribution in [2.45, 2.75) is 13.8 Å². The summed E-state index contributed by atoms with van der Waals surface area (Å²) < 4.78 is 2.84. The monoisotopic (exact) mass is 411 g/mol. The fourth-order valence-electron chi connectivity index (χ4n) is 2.82. The van der Waals surface area contributed by atoms with Gasteiger partial charge in [-0.25, -0.2) is 5.43 Å². The van der Waals surface area contributed by atoms with Crippen LogP contribution >= 0.6 is 15.9 Å². The minimum atomic E-state index is -0.300. The maximum absolute atomic E-state index is 12.5. The number of hydrogen-bond acceptors (Lipinski definition) is 3. The molecule has 2 N–H and O–H groups in total. The number of aromatic hydroxyl groups is 1. The lowest BCUT2D eigenvalue weighted by Crippen LogP contribution is -2.18. The van der Waals surface area contributed by atoms with E-state index < -0.39 is 0 Å². The van der Waals surface area contributed by atoms with Crippen molar-refractivity contribution in [1.82, 2.24) is 9.99 Å². The third-order valence-electron chi connectivity index (χ3n) is 4.05. The molecule has 1 heterocycles. The van der Waals surface area contributed by atoms with Crippen LogP contribution in [-0.4, -0.2) is 21.8 Å². The molecule has 6 heteroatoms. The number of nitrogens with zero attached hydrogens (tertiary/aromatic N) is 2. The van der Waals surface area contributed by atoms with Crippen LogP contribution in [0.2, 0.25) is 0 Å². The van der Waals surface area contributed by atoms with E-state index in [1.54, 1.807) is 18.2 Å². The number of benzene rings is 2. The SMILES string of the molecule is Cc1cc(C(=O)N/N=C\c2cc(Br)ccc2O)c(C)n1-c1ccccc1. The molecule has 0 saturated heterocycles. The number of amides is 1. The lowest BCUT2D eigenvalue weighted by Gasteiger charge is -2.09. The van der Waals surface area contributed by atoms with E-state index in [4.69, 9.17) is 0 Å². The number of phenols is 1. The molecule has 0 radical (unpaired) electrons. The van der Waals surface area contributed by atoms with Crippen LogP contribution in [-0.2, 0) is 0 Å². The van der Waals surface area contributed by atoms with Gasteiger partial charge in [0.2, 0.25) is 0 Å². The van der Waals surface area contributed by atoms with Crippen LogP contribution in [0.15, 0.2) is 64.2 Å². The molecule has 0 atom stereocenters. The van der Waals surface area contributed by atoms with Crippen molar-refractivity contribution in [3.63, 3.8) is 0 Å². The summed E-state index contributed by atoms with van der Waals surface area (Å²) in [5, 5.41) is 13.8. The van der Waals surface area contributed by atoms with Gasteiger partial charge >= 0.3 is 0 Å². The van der Waals surface area contributed by atoms with Crippen molar-refractivity contribution in [3.05, 3.63) is 81.6 Å². The zero-order chi connectivity index (χ0) is 18.7. The van der Waals surface area contributed by atoms with Gasteiger partial charge in [0.05, 0.1) is 11.8 Å². The summed E-state index contributed by atoms with van der Waals surface area (Å²) in [6.07, 6.45) is 1.41. The van der Waals surface area contributed by atoms with Crippen LogP contribution in [0.4, 0.5) is 0 Å². The summed E-state index contributed by atoms with van der Waals surface area (Å²) in [6, 6.07) is 16.7. The minimum absolute atomic E-state index is 0.0912. The van der Waals surface area contributed by atoms with Crippen LogP contribution < -0.4 is 5.43 Å². The Balaban J connectivity index is 1.81. The maximum Gasteiger partial charge on any atom is 0.273 e. The summed E-state index contributed by atoms with van der Waals surface area (Å²) in [5.41, 5.74) is 6.39. The lowest BCUT2D eigenvalue weighted by molar-refractivity contribution is 0.0954. The number of phenolic OH excluding ortho intramolecular Hbond substituents is 1. The number of hydrogen-bond donors (Lipinski definition) is 2. The van der Waals surface area contributed by atoms with Gasteiger partial charge in [-0.1, -0.05) is 34.1 Å². The molecule has 5 nitrogen and oxygen atoms in total. The third-order valence-corrected chi connectivity index (χ3v) is 4.54. The predicted molar refractivity (Wildman–Crippen MR) is 106 cm³/mol. The van der Waals surface area contributed by atoms with E-state index >= 15 is 0 Å². The average Bonchev–Trinajstić information content (AvgIpc) is 2.93. The van der Waals surface area contributed by atoms with Crippen molar-refractivity contribution in [2.24, 2.45) is 5.10 Å². The summed E-state index contributed by atoms with van der Waals surface area (Å²) >= 11 is 3.33. The van der Waals surface area contributed by atoms with Crippen molar-refractivity contribution in [2.75, 3.05) is 0 Å². The van der Waals surface area contributed by atoms with Gasteiger partial charge in [0.15, 0.2) is 0 Å². The summed E-state index contributed by atoms with van der Waals surface area (Å²) in [5.74, 6) is -0.209. The van der Waals surface area contributed by atoms with Gasteiger partial charge in [-0.05, 0) is 50.2 Å². The number of carbonyl (C=O) groups excluding carboxylic acids is 1. The molecule has 1 aromatic heterocycles. The predicted octanol–water partition coefficient (Wildman–Crippen LogP) is 4.33. The van der Waals surface area contributed by atoms with E-state index in [-0.39, 0.29) is 11.7 Å². The largest absolute Gasteiger partial charge is 0.507 e. The van der Waals surface area contributed by atoms with Gasteiger partial charge in [-0.3, -0.25) is 4.79 Å². The second kappa shape index (κ2) is 7.58. The maximum atomic E-state index is 12.5. The van der Waals surface area contributed by atoms with Crippen LogP contribution in [0, 0.1) is 13.8 Å². The molecule has 0 aliphatic rings. The van der Waals surface area contributed by atoms with Crippen molar-refractivity contribution >= 4 is 28.1 Å². The number of rotatable bonds is 4. The van der Waals surface area contributed by atoms with Crippen molar-refractivity contribution in [1.29, 1.82) is 0 Å². The molecule has 132 valence electrons. The molecular weight excluding hydrogens is 394 g/mol. The first-order valence-corrected chi connectivity index (χ1v) is 8.83. The van der Waals surface area contributed by atoms with Crippen molar-refractivity contribution in [3.8, 4) is 11.4 Å². The summed E-state index contributed by atoms with van der Waals surface area (Å²) in [7, 11) is 0. The second-order valence-corrected chi connectivity index (χ2v) is 6.77. The van der Waals surface area contributed by atoms with Gasteiger partial charge in [-0.2, -0.15) is 5.10 Å². The normalized spacial score (nSPS) is 11.0. The molecule has 0 fully saturated rings. The molecule has 0 bridgehead atoms. The molecule has 0 spiro atoms. The second-order valence-electron chi connectivity index (χ2n) is 5.86. The number of hydrazone groups is 1. The fourth-order valence-corrected chi connectivity index (χ4v) is 3.20. The van der Waals surface area contributed by atoms with Crippen LogP contribution in [0.5, 0.6) is 5.75 Å². The number of halogens is 1. The van der Waals surface area contributed by atoms with E-state index in [9.17, 15) is 9.90 Å². The lowest BCUT2D eigenvalue weighted by atomic mass is 10.2. The highest BCUT2D eigenvalue weighted by Gasteiger charge is 2.16. The zero-order valence-electron chi connectivity index (χ0n) is 14.4. The minimum Gasteiger partial charge on any atom is -0.507 e. The Hall–Kier alpha value is -2.86. The van der Waals surface area contributed by atoms with Crippen LogP contribution in [0.25, 0.3) is 5.69 Å². The Morgan fingerprint density at radius 2 is 1.88 bits per heavy atom. The molecule has 2 aromatic carbocycles. The highest BCUT2D eigenvalue weighted by molar-refractivity contribution is 9.10. The molecule has 26 heavy (non-hydrogen) atoms. The average molecular weight is 412 g/mol. The van der Waals surface area contributed by atoms with E-state index in [1.165, 1.54) is 6.21 Å². The Morgan fingerprint density at radius 1 is 1.15 bits per heavy atom. The Labute approximate surface area is 160 Å². The fraction of sp³-hybridized carbons (Fsp3) is 0.100. The Kier molecular flexibility index (Phi) is 5.23. The summed E-state index contributed by atoms with van der Waals surface area (Å²) in [6.45, 7) is 3.86. The van der Waals surface area contributed by atoms with Crippen molar-refractivity contribution < 1.29 is 9.90 Å². The third kappa shape index (κ3) is 3.70. The quantitative estimate of drug-likeness (QED) is 0.495. The first-order valence-electron chi connectivity index (χ1n) is 8.03. The molecular formula is C20H18BrN3O2. The number of para-hydroxylation sites is 1. The first-order chi connectivity index (χ1) is 12.5. The van der Waals surface area contributed by atoms with E-state index in [0.717, 1.165) is 21.5 Å². The van der Waals surface area contributed by atoms with Gasteiger partial charge in [-0.15, -0.1) is 0 Å². The molecule has 3 rings (SSSR count). The Bertz CT molecular complexity index is 978. The molecule has 0 aliphatic carbocycles. The Morgan fingerprint density at radius 3 is 2.62 bits per heavy atom. The highest BCUT2D eigenvalue weighted by Crippen LogP contribution is 2.21. The van der Waals surface area contributed by atoms with Crippen LogP contribution in [0.1, 0.15) is 27.3 Å². The molecule has 0 unspecified atom stereocenters. The molecule has 0 aliphatic heterocycles. The van der Waals surface area contributed by atoms with Gasteiger partial charge < -0.3 is 9.67 Å². The van der Waals surface area contributed by atoms with Gasteiger partial charge in [0, 0.05) is 27.1 Å². The zero-order valence-corrected chi connectivity index (χ0v) is 16.0. The van der Waals surface area contributed by atoms with E-state index in [0.29, 0.717) is 11.1 Å². The number of aromatic nitrogens is 1. The smallest absolute Gasteiger partial charge is 0.273 e. The molecule has 1 amide bonds. The topological polar surface area (TPSA) is 66.6 Å². The van der Waals surface area contributed by atoms with Gasteiger partial charge in [0.1, 0.15) is 5.75 Å². The van der Waals surface area contributed by atoms with E-state index in [2.05, 4.69) is 26.5 Å². The standard InChI is InChI=1S/C20H18BrN3O2/c1-13-10-18(14(2)24(13)17-6-4-3-5-7-17)20(26)23-22-12-15-11-16(21)8-9-19(15)25/h3-12,25H,1-2H3,(H,23,26)/b22-12-. The first kappa shape index (κ1) is 17.9. The van der Waals surface area contributed by atoms with Crippen LogP contribution in [0.3, 0.4) is 0 Å². The van der Waals surface area contributed by atoms with Gasteiger partial charge in [0.25, 0.3) is 5.91 Å². The molecule has 0 saturated carbocycles.